The molecule has 0 saturated carbocycles. The number of ether oxygens (including phenoxy) is 1. The lowest BCUT2D eigenvalue weighted by atomic mass is 10.1. The van der Waals surface area contributed by atoms with Crippen LogP contribution in [-0.2, 0) is 0 Å². The summed E-state index contributed by atoms with van der Waals surface area (Å²) in [5, 5.41) is 4.45. The average Bonchev–Trinajstić information content (AvgIpc) is 2.96. The van der Waals surface area contributed by atoms with Crippen molar-refractivity contribution in [1.29, 1.82) is 0 Å². The molecule has 1 aromatic carbocycles. The lowest BCUT2D eigenvalue weighted by Gasteiger charge is -2.09. The summed E-state index contributed by atoms with van der Waals surface area (Å²) < 4.78 is 8.51. The Morgan fingerprint density at radius 3 is 2.60 bits per heavy atom. The molecule has 0 amide bonds. The van der Waals surface area contributed by atoms with Crippen LogP contribution in [0.25, 0.3) is 16.2 Å². The SMILES string of the molecule is CSc1nn2cc(-c3ccc(OC(C)C)cc3)nc2s1. The fourth-order valence-corrected chi connectivity index (χ4v) is 3.22. The largest absolute Gasteiger partial charge is 0.491 e. The first-order valence-electron chi connectivity index (χ1n) is 6.33. The molecule has 3 aromatic rings. The average molecular weight is 305 g/mol. The highest BCUT2D eigenvalue weighted by molar-refractivity contribution is 8.00. The third kappa shape index (κ3) is 2.66. The summed E-state index contributed by atoms with van der Waals surface area (Å²) in [5.41, 5.74) is 2.01. The molecule has 0 unspecified atom stereocenters. The van der Waals surface area contributed by atoms with E-state index in [1.165, 1.54) is 0 Å². The van der Waals surface area contributed by atoms with E-state index in [0.29, 0.717) is 0 Å². The first-order valence-corrected chi connectivity index (χ1v) is 8.37. The molecular weight excluding hydrogens is 290 g/mol. The van der Waals surface area contributed by atoms with Crippen molar-refractivity contribution < 1.29 is 4.74 Å². The van der Waals surface area contributed by atoms with Crippen LogP contribution in [0.5, 0.6) is 5.75 Å². The summed E-state index contributed by atoms with van der Waals surface area (Å²) in [4.78, 5) is 5.53. The lowest BCUT2D eigenvalue weighted by Crippen LogP contribution is -2.05. The standard InChI is InChI=1S/C14H15N3OS2/c1-9(2)18-11-6-4-10(5-7-11)12-8-17-13(15-12)20-14(16-17)19-3/h4-9H,1-3H3. The molecule has 0 spiro atoms. The van der Waals surface area contributed by atoms with Gasteiger partial charge in [0.15, 0.2) is 4.34 Å². The van der Waals surface area contributed by atoms with Crippen LogP contribution in [0.1, 0.15) is 13.8 Å². The van der Waals surface area contributed by atoms with Crippen LogP contribution >= 0.6 is 23.1 Å². The van der Waals surface area contributed by atoms with E-state index in [9.17, 15) is 0 Å². The molecule has 20 heavy (non-hydrogen) atoms. The van der Waals surface area contributed by atoms with Gasteiger partial charge in [0, 0.05) is 5.56 Å². The van der Waals surface area contributed by atoms with Gasteiger partial charge in [0.25, 0.3) is 0 Å². The number of fused-ring (bicyclic) bond motifs is 1. The minimum atomic E-state index is 0.188. The van der Waals surface area contributed by atoms with Gasteiger partial charge < -0.3 is 4.74 Å². The number of thioether (sulfide) groups is 1. The Bertz CT molecular complexity index is 684. The molecular formula is C14H15N3OS2. The maximum atomic E-state index is 5.64. The second kappa shape index (κ2) is 5.46. The molecule has 2 aromatic heterocycles. The second-order valence-corrected chi connectivity index (χ2v) is 6.63. The maximum Gasteiger partial charge on any atom is 0.213 e. The first kappa shape index (κ1) is 13.5. The van der Waals surface area contributed by atoms with Gasteiger partial charge in [-0.05, 0) is 44.4 Å². The van der Waals surface area contributed by atoms with E-state index in [-0.39, 0.29) is 6.10 Å². The number of rotatable bonds is 4. The molecule has 0 N–H and O–H groups in total. The molecule has 104 valence electrons. The number of benzene rings is 1. The first-order chi connectivity index (χ1) is 9.65. The van der Waals surface area contributed by atoms with E-state index in [1.807, 2.05) is 55.1 Å². The van der Waals surface area contributed by atoms with Crippen LogP contribution in [-0.4, -0.2) is 27.0 Å². The summed E-state index contributed by atoms with van der Waals surface area (Å²) in [6, 6.07) is 8.01. The van der Waals surface area contributed by atoms with Crippen molar-refractivity contribution in [3.05, 3.63) is 30.5 Å². The van der Waals surface area contributed by atoms with Crippen LogP contribution < -0.4 is 4.74 Å². The molecule has 0 aliphatic heterocycles. The molecule has 3 rings (SSSR count). The molecule has 4 nitrogen and oxygen atoms in total. The minimum absolute atomic E-state index is 0.188. The zero-order valence-electron chi connectivity index (χ0n) is 11.5. The van der Waals surface area contributed by atoms with Crippen molar-refractivity contribution in [3.8, 4) is 17.0 Å². The summed E-state index contributed by atoms with van der Waals surface area (Å²) in [6.07, 6.45) is 4.17. The van der Waals surface area contributed by atoms with Gasteiger partial charge in [-0.2, -0.15) is 0 Å². The Labute approximate surface area is 125 Å². The summed E-state index contributed by atoms with van der Waals surface area (Å²) in [5.74, 6) is 0.882. The van der Waals surface area contributed by atoms with Crippen LogP contribution in [0.2, 0.25) is 0 Å². The number of aromatic nitrogens is 3. The molecule has 0 fully saturated rings. The zero-order chi connectivity index (χ0) is 14.1. The predicted molar refractivity (Wildman–Crippen MR) is 83.8 cm³/mol. The highest BCUT2D eigenvalue weighted by Crippen LogP contribution is 2.27. The smallest absolute Gasteiger partial charge is 0.213 e. The Hall–Kier alpha value is -1.53. The monoisotopic (exact) mass is 305 g/mol. The Kier molecular flexibility index (Phi) is 3.67. The molecule has 0 aliphatic rings. The van der Waals surface area contributed by atoms with Crippen LogP contribution in [0.3, 0.4) is 0 Å². The molecule has 0 radical (unpaired) electrons. The number of hydrogen-bond donors (Lipinski definition) is 0. The highest BCUT2D eigenvalue weighted by atomic mass is 32.2. The van der Waals surface area contributed by atoms with E-state index < -0.39 is 0 Å². The van der Waals surface area contributed by atoms with E-state index >= 15 is 0 Å². The molecule has 6 heteroatoms. The summed E-state index contributed by atoms with van der Waals surface area (Å²) >= 11 is 3.24. The van der Waals surface area contributed by atoms with Crippen molar-refractivity contribution >= 4 is 28.1 Å². The van der Waals surface area contributed by atoms with Crippen molar-refractivity contribution in [2.45, 2.75) is 24.3 Å². The van der Waals surface area contributed by atoms with Crippen molar-refractivity contribution in [2.75, 3.05) is 6.26 Å². The normalized spacial score (nSPS) is 11.4. The van der Waals surface area contributed by atoms with Gasteiger partial charge in [0.1, 0.15) is 5.75 Å². The number of hydrogen-bond acceptors (Lipinski definition) is 5. The molecule has 0 aliphatic carbocycles. The molecule has 2 heterocycles. The van der Waals surface area contributed by atoms with E-state index in [4.69, 9.17) is 4.74 Å². The third-order valence-electron chi connectivity index (χ3n) is 2.72. The summed E-state index contributed by atoms with van der Waals surface area (Å²) in [6.45, 7) is 4.04. The van der Waals surface area contributed by atoms with Crippen LogP contribution in [0, 0.1) is 0 Å². The molecule has 0 bridgehead atoms. The lowest BCUT2D eigenvalue weighted by molar-refractivity contribution is 0.242. The quantitative estimate of drug-likeness (QED) is 0.684. The van der Waals surface area contributed by atoms with Gasteiger partial charge in [-0.3, -0.25) is 0 Å². The third-order valence-corrected chi connectivity index (χ3v) is 4.62. The van der Waals surface area contributed by atoms with Crippen LogP contribution in [0.15, 0.2) is 34.8 Å². The second-order valence-electron chi connectivity index (χ2n) is 4.62. The molecule has 0 atom stereocenters. The minimum Gasteiger partial charge on any atom is -0.491 e. The van der Waals surface area contributed by atoms with Gasteiger partial charge in [-0.25, -0.2) is 9.50 Å². The topological polar surface area (TPSA) is 39.4 Å². The maximum absolute atomic E-state index is 5.64. The predicted octanol–water partition coefficient (Wildman–Crippen LogP) is 3.97. The van der Waals surface area contributed by atoms with Crippen molar-refractivity contribution in [1.82, 2.24) is 14.6 Å². The van der Waals surface area contributed by atoms with E-state index in [1.54, 1.807) is 23.1 Å². The summed E-state index contributed by atoms with van der Waals surface area (Å²) in [7, 11) is 0. The Morgan fingerprint density at radius 2 is 2.00 bits per heavy atom. The van der Waals surface area contributed by atoms with Crippen molar-refractivity contribution in [2.24, 2.45) is 0 Å². The fraction of sp³-hybridized carbons (Fsp3) is 0.286. The Balaban J connectivity index is 1.88. The Morgan fingerprint density at radius 1 is 1.25 bits per heavy atom. The van der Waals surface area contributed by atoms with Gasteiger partial charge in [-0.15, -0.1) is 5.10 Å². The van der Waals surface area contributed by atoms with E-state index in [0.717, 1.165) is 26.3 Å². The zero-order valence-corrected chi connectivity index (χ0v) is 13.2. The number of nitrogens with zero attached hydrogens (tertiary/aromatic N) is 3. The van der Waals surface area contributed by atoms with Crippen LogP contribution in [0.4, 0.5) is 0 Å². The number of imidazole rings is 1. The highest BCUT2D eigenvalue weighted by Gasteiger charge is 2.09. The van der Waals surface area contributed by atoms with Crippen molar-refractivity contribution in [3.63, 3.8) is 0 Å². The van der Waals surface area contributed by atoms with Gasteiger partial charge >= 0.3 is 0 Å². The molecule has 0 saturated heterocycles. The van der Waals surface area contributed by atoms with Gasteiger partial charge in [0.2, 0.25) is 4.96 Å². The van der Waals surface area contributed by atoms with Gasteiger partial charge in [0.05, 0.1) is 18.0 Å². The van der Waals surface area contributed by atoms with Gasteiger partial charge in [-0.1, -0.05) is 23.1 Å². The van der Waals surface area contributed by atoms with E-state index in [2.05, 4.69) is 10.1 Å². The fourth-order valence-electron chi connectivity index (χ4n) is 1.88.